The van der Waals surface area contributed by atoms with Crippen LogP contribution < -0.4 is 4.90 Å². The second-order valence-electron chi connectivity index (χ2n) is 19.5. The zero-order chi connectivity index (χ0) is 44.5. The summed E-state index contributed by atoms with van der Waals surface area (Å²) in [5.74, 6) is 0.560. The normalized spacial score (nSPS) is 17.5. The number of fused-ring (bicyclic) bond motifs is 6. The number of hydrogen-bond donors (Lipinski definition) is 0. The van der Waals surface area contributed by atoms with E-state index in [0.29, 0.717) is 5.92 Å². The fourth-order valence-electron chi connectivity index (χ4n) is 11.6. The van der Waals surface area contributed by atoms with Gasteiger partial charge in [0, 0.05) is 0 Å². The van der Waals surface area contributed by atoms with Crippen molar-refractivity contribution < 1.29 is 0 Å². The zero-order valence-corrected chi connectivity index (χ0v) is 40.5. The van der Waals surface area contributed by atoms with E-state index in [1.54, 1.807) is 0 Å². The summed E-state index contributed by atoms with van der Waals surface area (Å²) in [4.78, 5) is 7.57. The van der Waals surface area contributed by atoms with E-state index < -0.39 is 19.8 Å². The molecule has 1 nitrogen and oxygen atoms in total. The minimum atomic E-state index is -1.17. The van der Waals surface area contributed by atoms with Crippen LogP contribution in [-0.4, -0.2) is 9.86 Å². The first-order valence-electron chi connectivity index (χ1n) is 23.0. The number of rotatable bonds is 9. The SMILES string of the molecule is CI(C)Cc1ccc(N(c2ccc(-c3ccccc3)cc2)c2ccc(-c3ccccc3)cc2)c2c1C(C)(C)c1cc3c(cc1-2)C(C)(C)C1C(c2ccccc2)=CC(c2ccccc2)=CC31. The van der Waals surface area contributed by atoms with E-state index in [0.717, 1.165) is 11.4 Å². The predicted octanol–water partition coefficient (Wildman–Crippen LogP) is 17.2. The monoisotopic (exact) mass is 953 g/mol. The quantitative estimate of drug-likeness (QED) is 0.103. The summed E-state index contributed by atoms with van der Waals surface area (Å²) in [6, 6.07) is 72.4. The van der Waals surface area contributed by atoms with E-state index in [1.165, 1.54) is 93.6 Å². The molecule has 8 aromatic rings. The van der Waals surface area contributed by atoms with Crippen molar-refractivity contribution in [1.82, 2.24) is 0 Å². The van der Waals surface area contributed by atoms with Gasteiger partial charge in [-0.1, -0.05) is 72.8 Å². The molecule has 0 saturated heterocycles. The van der Waals surface area contributed by atoms with Crippen LogP contribution >= 0.6 is 19.8 Å². The van der Waals surface area contributed by atoms with Crippen molar-refractivity contribution in [2.75, 3.05) is 14.8 Å². The van der Waals surface area contributed by atoms with Crippen molar-refractivity contribution in [3.63, 3.8) is 0 Å². The molecule has 2 heteroatoms. The summed E-state index contributed by atoms with van der Waals surface area (Å²) in [5, 5.41) is 0. The van der Waals surface area contributed by atoms with Crippen LogP contribution in [0.25, 0.3) is 44.5 Å². The van der Waals surface area contributed by atoms with Gasteiger partial charge in [0.1, 0.15) is 0 Å². The van der Waals surface area contributed by atoms with Crippen molar-refractivity contribution in [3.8, 4) is 33.4 Å². The van der Waals surface area contributed by atoms with E-state index >= 15 is 0 Å². The standard InChI is InChI=1S/C63H56IN/c1-62(2)57-39-53-54-38-49(44-23-15-9-16-24-44)37-52(47-25-17-10-18-26-47)61(54)63(3,4)56(53)40-55(57)59-58(36-31-48(60(59)62)41-64(5)6)65(50-32-27-45(28-33-50)42-19-11-7-12-20-42)51-34-29-46(30-35-51)43-21-13-8-14-22-43/h7-40,54,61H,41H2,1-6H3. The molecular weight excluding hydrogens is 898 g/mol. The molecule has 0 radical (unpaired) electrons. The third kappa shape index (κ3) is 7.13. The van der Waals surface area contributed by atoms with Crippen LogP contribution in [0.1, 0.15) is 72.6 Å². The van der Waals surface area contributed by atoms with Gasteiger partial charge < -0.3 is 0 Å². The number of nitrogens with zero attached hydrogens (tertiary/aromatic N) is 1. The molecule has 11 rings (SSSR count). The predicted molar refractivity (Wildman–Crippen MR) is 287 cm³/mol. The number of anilines is 3. The average Bonchev–Trinajstić information content (AvgIpc) is 3.72. The van der Waals surface area contributed by atoms with Gasteiger partial charge in [-0.3, -0.25) is 0 Å². The van der Waals surface area contributed by atoms with Crippen molar-refractivity contribution in [1.29, 1.82) is 0 Å². The first-order chi connectivity index (χ1) is 31.6. The van der Waals surface area contributed by atoms with E-state index in [1.807, 2.05) is 0 Å². The molecule has 2 atom stereocenters. The van der Waals surface area contributed by atoms with Crippen LogP contribution in [0.3, 0.4) is 0 Å². The van der Waals surface area contributed by atoms with Crippen LogP contribution in [0, 0.1) is 5.92 Å². The summed E-state index contributed by atoms with van der Waals surface area (Å²) >= 11 is -1.17. The second kappa shape index (κ2) is 16.3. The van der Waals surface area contributed by atoms with E-state index in [2.05, 4.69) is 249 Å². The van der Waals surface area contributed by atoms with Crippen LogP contribution in [0.2, 0.25) is 0 Å². The average molecular weight is 954 g/mol. The summed E-state index contributed by atoms with van der Waals surface area (Å²) in [7, 11) is 0. The molecule has 65 heavy (non-hydrogen) atoms. The Hall–Kier alpha value is -6.23. The Morgan fingerprint density at radius 1 is 0.508 bits per heavy atom. The van der Waals surface area contributed by atoms with Crippen LogP contribution in [-0.2, 0) is 15.3 Å². The van der Waals surface area contributed by atoms with Crippen molar-refractivity contribution in [2.45, 2.75) is 48.9 Å². The first-order valence-corrected chi connectivity index (χ1v) is 28.9. The number of halogens is 1. The Labute approximate surface area is 393 Å². The minimum absolute atomic E-state index is 0.119. The molecule has 0 aliphatic heterocycles. The molecule has 3 aliphatic carbocycles. The van der Waals surface area contributed by atoms with Crippen LogP contribution in [0.15, 0.2) is 206 Å². The molecule has 0 bridgehead atoms. The molecule has 320 valence electrons. The van der Waals surface area contributed by atoms with Gasteiger partial charge in [0.25, 0.3) is 0 Å². The van der Waals surface area contributed by atoms with E-state index in [9.17, 15) is 0 Å². The topological polar surface area (TPSA) is 3.24 Å². The fourth-order valence-corrected chi connectivity index (χ4v) is 13.9. The number of benzene rings is 8. The zero-order valence-electron chi connectivity index (χ0n) is 38.3. The summed E-state index contributed by atoms with van der Waals surface area (Å²) in [6.45, 7) is 10.0. The number of alkyl halides is 3. The van der Waals surface area contributed by atoms with Gasteiger partial charge in [-0.2, -0.15) is 0 Å². The Morgan fingerprint density at radius 3 is 1.52 bits per heavy atom. The second-order valence-corrected chi connectivity index (χ2v) is 25.5. The van der Waals surface area contributed by atoms with Crippen molar-refractivity contribution in [2.24, 2.45) is 5.92 Å². The Morgan fingerprint density at radius 2 is 1.00 bits per heavy atom. The molecule has 3 aliphatic rings. The third-order valence-corrected chi connectivity index (χ3v) is 16.9. The molecule has 0 fully saturated rings. The Bertz CT molecular complexity index is 3020. The summed E-state index contributed by atoms with van der Waals surface area (Å²) < 4.78 is 1.19. The van der Waals surface area contributed by atoms with Gasteiger partial charge in [0.2, 0.25) is 0 Å². The van der Waals surface area contributed by atoms with Gasteiger partial charge in [0.15, 0.2) is 0 Å². The summed E-state index contributed by atoms with van der Waals surface area (Å²) in [5.41, 5.74) is 23.7. The van der Waals surface area contributed by atoms with Gasteiger partial charge in [-0.05, 0) is 0 Å². The molecule has 2 unspecified atom stereocenters. The van der Waals surface area contributed by atoms with Crippen LogP contribution in [0.5, 0.6) is 0 Å². The van der Waals surface area contributed by atoms with E-state index in [-0.39, 0.29) is 16.7 Å². The molecule has 0 aromatic heterocycles. The van der Waals surface area contributed by atoms with Gasteiger partial charge >= 0.3 is 323 Å². The Balaban J connectivity index is 1.13. The number of hydrogen-bond acceptors (Lipinski definition) is 1. The van der Waals surface area contributed by atoms with Crippen LogP contribution in [0.4, 0.5) is 17.1 Å². The van der Waals surface area contributed by atoms with E-state index in [4.69, 9.17) is 0 Å². The fraction of sp³-hybridized carbons (Fsp3) is 0.175. The maximum atomic E-state index is 2.67. The molecule has 0 spiro atoms. The van der Waals surface area contributed by atoms with Gasteiger partial charge in [0.05, 0.1) is 0 Å². The van der Waals surface area contributed by atoms with Gasteiger partial charge in [-0.15, -0.1) is 0 Å². The van der Waals surface area contributed by atoms with Crippen molar-refractivity contribution in [3.05, 3.63) is 245 Å². The Kier molecular flexibility index (Phi) is 10.4. The maximum absolute atomic E-state index is 2.67. The molecule has 0 N–H and O–H groups in total. The number of allylic oxidation sites excluding steroid dienone is 4. The first kappa shape index (κ1) is 41.5. The van der Waals surface area contributed by atoms with Gasteiger partial charge in [-0.25, -0.2) is 0 Å². The van der Waals surface area contributed by atoms with Crippen molar-refractivity contribution >= 4 is 48.0 Å². The molecular formula is C63H56IN. The molecule has 8 aromatic carbocycles. The molecule has 0 amide bonds. The summed E-state index contributed by atoms with van der Waals surface area (Å²) in [6.07, 6.45) is 5.10. The molecule has 0 heterocycles. The molecule has 0 saturated carbocycles. The third-order valence-electron chi connectivity index (χ3n) is 14.6.